The van der Waals surface area contributed by atoms with Crippen molar-refractivity contribution in [1.29, 1.82) is 0 Å². The van der Waals surface area contributed by atoms with Crippen LogP contribution in [0.1, 0.15) is 55.1 Å². The van der Waals surface area contributed by atoms with E-state index in [4.69, 9.17) is 17.0 Å². The smallest absolute Gasteiger partial charge is 0.341 e. The Morgan fingerprint density at radius 3 is 2.77 bits per heavy atom. The maximum atomic E-state index is 11.7. The van der Waals surface area contributed by atoms with Crippen LogP contribution >= 0.6 is 12.2 Å². The van der Waals surface area contributed by atoms with Crippen molar-refractivity contribution in [2.75, 3.05) is 11.9 Å². The van der Waals surface area contributed by atoms with E-state index in [0.717, 1.165) is 12.8 Å². The second-order valence-corrected chi connectivity index (χ2v) is 5.75. The molecule has 7 heteroatoms. The molecule has 0 saturated heterocycles. The fraction of sp³-hybridized carbons (Fsp3) is 0.600. The number of aromatic nitrogens is 2. The molecule has 1 saturated carbocycles. The lowest BCUT2D eigenvalue weighted by atomic mass is 9.96. The molecule has 1 fully saturated rings. The van der Waals surface area contributed by atoms with Crippen LogP contribution in [0.2, 0.25) is 0 Å². The van der Waals surface area contributed by atoms with Crippen LogP contribution in [0.25, 0.3) is 0 Å². The highest BCUT2D eigenvalue weighted by atomic mass is 32.1. The summed E-state index contributed by atoms with van der Waals surface area (Å²) in [6.45, 7) is 3.84. The van der Waals surface area contributed by atoms with Gasteiger partial charge in [0, 0.05) is 12.2 Å². The lowest BCUT2D eigenvalue weighted by Crippen LogP contribution is -2.39. The highest BCUT2D eigenvalue weighted by Gasteiger charge is 2.16. The summed E-state index contributed by atoms with van der Waals surface area (Å²) in [6, 6.07) is 0.425. The average molecular weight is 322 g/mol. The molecule has 0 amide bonds. The van der Waals surface area contributed by atoms with Crippen molar-refractivity contribution in [2.24, 2.45) is 0 Å². The SMILES string of the molecule is CCOC(=O)c1cnc(NC(=S)NC2CCCCC2)nc1C. The van der Waals surface area contributed by atoms with Crippen molar-refractivity contribution in [1.82, 2.24) is 15.3 Å². The molecular weight excluding hydrogens is 300 g/mol. The van der Waals surface area contributed by atoms with Gasteiger partial charge in [0.2, 0.25) is 5.95 Å². The van der Waals surface area contributed by atoms with Crippen molar-refractivity contribution in [3.05, 3.63) is 17.5 Å². The zero-order valence-corrected chi connectivity index (χ0v) is 13.8. The maximum Gasteiger partial charge on any atom is 0.341 e. The van der Waals surface area contributed by atoms with E-state index in [1.807, 2.05) is 0 Å². The Bertz CT molecular complexity index is 544. The van der Waals surface area contributed by atoms with Gasteiger partial charge in [0.05, 0.1) is 17.9 Å². The van der Waals surface area contributed by atoms with Crippen LogP contribution in [0.15, 0.2) is 6.20 Å². The van der Waals surface area contributed by atoms with Crippen molar-refractivity contribution in [3.63, 3.8) is 0 Å². The molecule has 0 spiro atoms. The van der Waals surface area contributed by atoms with E-state index < -0.39 is 5.97 Å². The van der Waals surface area contributed by atoms with Gasteiger partial charge in [0.15, 0.2) is 5.11 Å². The molecule has 1 heterocycles. The molecule has 0 aliphatic heterocycles. The van der Waals surface area contributed by atoms with Gasteiger partial charge in [-0.3, -0.25) is 0 Å². The van der Waals surface area contributed by atoms with E-state index in [1.54, 1.807) is 13.8 Å². The fourth-order valence-corrected chi connectivity index (χ4v) is 2.76. The Morgan fingerprint density at radius 2 is 2.14 bits per heavy atom. The van der Waals surface area contributed by atoms with Crippen LogP contribution in [0.4, 0.5) is 5.95 Å². The lowest BCUT2D eigenvalue weighted by molar-refractivity contribution is 0.0524. The van der Waals surface area contributed by atoms with Crippen LogP contribution < -0.4 is 10.6 Å². The minimum Gasteiger partial charge on any atom is -0.462 e. The van der Waals surface area contributed by atoms with E-state index in [2.05, 4.69) is 20.6 Å². The number of carbonyl (C=O) groups excluding carboxylic acids is 1. The van der Waals surface area contributed by atoms with Gasteiger partial charge in [0.1, 0.15) is 0 Å². The Balaban J connectivity index is 1.93. The van der Waals surface area contributed by atoms with Gasteiger partial charge in [-0.05, 0) is 38.9 Å². The zero-order valence-electron chi connectivity index (χ0n) is 13.0. The quantitative estimate of drug-likeness (QED) is 0.652. The topological polar surface area (TPSA) is 76.1 Å². The van der Waals surface area contributed by atoms with Gasteiger partial charge in [-0.2, -0.15) is 0 Å². The Morgan fingerprint density at radius 1 is 1.41 bits per heavy atom. The Labute approximate surface area is 136 Å². The van der Waals surface area contributed by atoms with E-state index in [9.17, 15) is 4.79 Å². The van der Waals surface area contributed by atoms with Gasteiger partial charge in [-0.1, -0.05) is 19.3 Å². The molecule has 0 radical (unpaired) electrons. The Hall–Kier alpha value is -1.76. The number of hydrogen-bond acceptors (Lipinski definition) is 5. The monoisotopic (exact) mass is 322 g/mol. The van der Waals surface area contributed by atoms with E-state index in [1.165, 1.54) is 25.5 Å². The van der Waals surface area contributed by atoms with Crippen LogP contribution in [0.5, 0.6) is 0 Å². The first kappa shape index (κ1) is 16.6. The predicted molar refractivity (Wildman–Crippen MR) is 89.0 cm³/mol. The molecule has 2 N–H and O–H groups in total. The summed E-state index contributed by atoms with van der Waals surface area (Å²) in [4.78, 5) is 20.1. The first-order chi connectivity index (χ1) is 10.6. The number of nitrogens with one attached hydrogen (secondary N) is 2. The highest BCUT2D eigenvalue weighted by molar-refractivity contribution is 7.80. The number of thiocarbonyl (C=S) groups is 1. The van der Waals surface area contributed by atoms with Crippen molar-refractivity contribution < 1.29 is 9.53 Å². The first-order valence-corrected chi connectivity index (χ1v) is 8.09. The largest absolute Gasteiger partial charge is 0.462 e. The molecule has 0 unspecified atom stereocenters. The summed E-state index contributed by atoms with van der Waals surface area (Å²) >= 11 is 5.29. The predicted octanol–water partition coefficient (Wildman–Crippen LogP) is 2.58. The van der Waals surface area contributed by atoms with Crippen LogP contribution in [-0.4, -0.2) is 33.7 Å². The van der Waals surface area contributed by atoms with Crippen LogP contribution in [-0.2, 0) is 4.74 Å². The number of rotatable bonds is 4. The molecule has 1 aromatic heterocycles. The third-order valence-corrected chi connectivity index (χ3v) is 3.86. The Kier molecular flexibility index (Phi) is 6.06. The molecule has 1 aliphatic rings. The van der Waals surface area contributed by atoms with Crippen molar-refractivity contribution in [3.8, 4) is 0 Å². The van der Waals surface area contributed by atoms with Gasteiger partial charge in [-0.15, -0.1) is 0 Å². The molecule has 6 nitrogen and oxygen atoms in total. The van der Waals surface area contributed by atoms with Gasteiger partial charge in [0.25, 0.3) is 0 Å². The molecule has 1 aliphatic carbocycles. The maximum absolute atomic E-state index is 11.7. The third-order valence-electron chi connectivity index (χ3n) is 3.64. The third kappa shape index (κ3) is 4.62. The molecule has 1 aromatic rings. The number of hydrogen-bond donors (Lipinski definition) is 2. The first-order valence-electron chi connectivity index (χ1n) is 7.68. The minimum absolute atomic E-state index is 0.327. The molecular formula is C15H22N4O2S. The number of nitrogens with zero attached hydrogens (tertiary/aromatic N) is 2. The number of anilines is 1. The summed E-state index contributed by atoms with van der Waals surface area (Å²) in [5, 5.41) is 6.79. The molecule has 120 valence electrons. The molecule has 0 bridgehead atoms. The normalized spacial score (nSPS) is 15.2. The molecule has 22 heavy (non-hydrogen) atoms. The number of esters is 1. The zero-order chi connectivity index (χ0) is 15.9. The summed E-state index contributed by atoms with van der Waals surface area (Å²) in [7, 11) is 0. The van der Waals surface area contributed by atoms with E-state index in [0.29, 0.717) is 35.0 Å². The van der Waals surface area contributed by atoms with Crippen molar-refractivity contribution >= 4 is 29.2 Å². The summed E-state index contributed by atoms with van der Waals surface area (Å²) in [5.74, 6) is -0.0201. The number of carbonyl (C=O) groups is 1. The minimum atomic E-state index is -0.408. The molecule has 0 aromatic carbocycles. The average Bonchev–Trinajstić information content (AvgIpc) is 2.48. The second-order valence-electron chi connectivity index (χ2n) is 5.35. The van der Waals surface area contributed by atoms with E-state index in [-0.39, 0.29) is 0 Å². The number of aryl methyl sites for hydroxylation is 1. The fourth-order valence-electron chi connectivity index (χ4n) is 2.51. The van der Waals surface area contributed by atoms with E-state index >= 15 is 0 Å². The van der Waals surface area contributed by atoms with Crippen LogP contribution in [0, 0.1) is 6.92 Å². The standard InChI is InChI=1S/C15H22N4O2S/c1-3-21-13(20)12-9-16-14(17-10(12)2)19-15(22)18-11-7-5-4-6-8-11/h9,11H,3-8H2,1-2H3,(H2,16,17,18,19,22). The summed E-state index contributed by atoms with van der Waals surface area (Å²) in [5.41, 5.74) is 0.940. The molecule has 2 rings (SSSR count). The van der Waals surface area contributed by atoms with Crippen LogP contribution in [0.3, 0.4) is 0 Å². The molecule has 0 atom stereocenters. The van der Waals surface area contributed by atoms with Gasteiger partial charge in [-0.25, -0.2) is 14.8 Å². The van der Waals surface area contributed by atoms with Gasteiger partial charge >= 0.3 is 5.97 Å². The number of ether oxygens (including phenoxy) is 1. The second kappa shape index (κ2) is 8.03. The van der Waals surface area contributed by atoms with Crippen molar-refractivity contribution in [2.45, 2.75) is 52.0 Å². The van der Waals surface area contributed by atoms with Gasteiger partial charge < -0.3 is 15.4 Å². The highest BCUT2D eigenvalue weighted by Crippen LogP contribution is 2.17. The lowest BCUT2D eigenvalue weighted by Gasteiger charge is -2.24. The summed E-state index contributed by atoms with van der Waals surface area (Å²) < 4.78 is 4.95. The summed E-state index contributed by atoms with van der Waals surface area (Å²) in [6.07, 6.45) is 7.53.